The number of ether oxygens (including phenoxy) is 3. The Morgan fingerprint density at radius 2 is 1.73 bits per heavy atom. The highest BCUT2D eigenvalue weighted by Crippen LogP contribution is 2.29. The minimum atomic E-state index is 0.520. The van der Waals surface area contributed by atoms with E-state index in [1.807, 2.05) is 76.4 Å². The van der Waals surface area contributed by atoms with Crippen LogP contribution in [-0.2, 0) is 4.74 Å². The highest BCUT2D eigenvalue weighted by atomic mass is 16.5. The van der Waals surface area contributed by atoms with Gasteiger partial charge >= 0.3 is 0 Å². The third-order valence-corrected chi connectivity index (χ3v) is 4.27. The average molecular weight is 411 g/mol. The third-order valence-electron chi connectivity index (χ3n) is 4.27. The van der Waals surface area contributed by atoms with E-state index in [4.69, 9.17) is 19.6 Å². The molecule has 0 saturated carbocycles. The fourth-order valence-corrected chi connectivity index (χ4v) is 2.69. The van der Waals surface area contributed by atoms with Crippen molar-refractivity contribution in [3.8, 4) is 23.1 Å². The van der Waals surface area contributed by atoms with Crippen LogP contribution >= 0.6 is 0 Å². The molecule has 2 N–H and O–H groups in total. The molecule has 30 heavy (non-hydrogen) atoms. The minimum absolute atomic E-state index is 0.520. The molecule has 0 fully saturated rings. The number of hydrogen-bond acceptors (Lipinski definition) is 5. The summed E-state index contributed by atoms with van der Waals surface area (Å²) in [5.41, 5.74) is 3.78. The smallest absolute Gasteiger partial charge is 0.238 e. The quantitative estimate of drug-likeness (QED) is 0.386. The third kappa shape index (κ3) is 6.35. The number of nitrogens with one attached hydrogen (secondary N) is 2. The number of anilines is 1. The number of hydrogen-bond donors (Lipinski definition) is 2. The molecule has 7 heteroatoms. The Balaban J connectivity index is 0.000000575. The van der Waals surface area contributed by atoms with Crippen LogP contribution in [0.5, 0.6) is 17.4 Å². The van der Waals surface area contributed by atoms with Crippen molar-refractivity contribution in [1.29, 1.82) is 5.41 Å². The van der Waals surface area contributed by atoms with Crippen molar-refractivity contribution in [3.63, 3.8) is 0 Å². The molecule has 0 aliphatic rings. The van der Waals surface area contributed by atoms with Gasteiger partial charge in [-0.3, -0.25) is 5.41 Å². The van der Waals surface area contributed by atoms with Crippen molar-refractivity contribution in [2.75, 3.05) is 25.6 Å². The molecule has 1 heterocycles. The predicted molar refractivity (Wildman–Crippen MR) is 121 cm³/mol. The summed E-state index contributed by atoms with van der Waals surface area (Å²) in [6.45, 7) is 9.60. The first-order chi connectivity index (χ1) is 14.5. The summed E-state index contributed by atoms with van der Waals surface area (Å²) in [5, 5.41) is 14.5. The molecule has 160 valence electrons. The molecule has 0 atom stereocenters. The van der Waals surface area contributed by atoms with Crippen molar-refractivity contribution in [3.05, 3.63) is 59.8 Å². The summed E-state index contributed by atoms with van der Waals surface area (Å²) in [6.07, 6.45) is 3.02. The maximum absolute atomic E-state index is 7.16. The zero-order chi connectivity index (χ0) is 21.9. The highest BCUT2D eigenvalue weighted by molar-refractivity contribution is 5.76. The maximum Gasteiger partial charge on any atom is 0.238 e. The molecule has 0 unspecified atom stereocenters. The Morgan fingerprint density at radius 1 is 1.03 bits per heavy atom. The second-order valence-electron chi connectivity index (χ2n) is 6.40. The Hall–Kier alpha value is -3.32. The molecule has 0 saturated heterocycles. The van der Waals surface area contributed by atoms with Crippen LogP contribution in [0.2, 0.25) is 0 Å². The lowest BCUT2D eigenvalue weighted by atomic mass is 10.1. The molecule has 0 radical (unpaired) electrons. The summed E-state index contributed by atoms with van der Waals surface area (Å²) in [4.78, 5) is 0. The molecule has 1 aromatic heterocycles. The Kier molecular flexibility index (Phi) is 8.90. The van der Waals surface area contributed by atoms with Gasteiger partial charge in [0.15, 0.2) is 0 Å². The number of nitrogens with zero attached hydrogens (tertiary/aromatic N) is 2. The van der Waals surface area contributed by atoms with Gasteiger partial charge in [0.25, 0.3) is 0 Å². The van der Waals surface area contributed by atoms with Crippen LogP contribution in [0.15, 0.2) is 48.7 Å². The molecule has 7 nitrogen and oxygen atoms in total. The average Bonchev–Trinajstić information content (AvgIpc) is 3.21. The number of aryl methyl sites for hydroxylation is 2. The number of benzene rings is 2. The zero-order valence-corrected chi connectivity index (χ0v) is 18.2. The van der Waals surface area contributed by atoms with Gasteiger partial charge in [-0.05, 0) is 75.2 Å². The molecular formula is C23H30N4O3. The van der Waals surface area contributed by atoms with E-state index < -0.39 is 0 Å². The second-order valence-corrected chi connectivity index (χ2v) is 6.40. The lowest BCUT2D eigenvalue weighted by Crippen LogP contribution is -1.99. The summed E-state index contributed by atoms with van der Waals surface area (Å²) >= 11 is 0. The van der Waals surface area contributed by atoms with Crippen LogP contribution in [0.1, 0.15) is 25.0 Å². The SMILES string of the molecule is CCOCC.COc1ccc(-n2ccc(Oc3cc(C)c(NC=N)cc3C)n2)cc1. The normalized spacial score (nSPS) is 10.0. The van der Waals surface area contributed by atoms with Crippen LogP contribution in [-0.4, -0.2) is 36.4 Å². The standard InChI is InChI=1S/C19H20N4O2.C4H10O/c1-13-11-18(14(2)10-17(13)21-12-20)25-19-8-9-23(22-19)15-4-6-16(24-3)7-5-15;1-3-5-4-2/h4-12H,1-3H3,(H2,20,21);3-4H2,1-2H3. The van der Waals surface area contributed by atoms with Gasteiger partial charge in [-0.1, -0.05) is 0 Å². The van der Waals surface area contributed by atoms with Gasteiger partial charge in [0.2, 0.25) is 5.88 Å². The number of rotatable bonds is 8. The van der Waals surface area contributed by atoms with Gasteiger partial charge < -0.3 is 19.5 Å². The van der Waals surface area contributed by atoms with Crippen LogP contribution in [0.3, 0.4) is 0 Å². The fraction of sp³-hybridized carbons (Fsp3) is 0.304. The Morgan fingerprint density at radius 3 is 2.30 bits per heavy atom. The molecule has 0 bridgehead atoms. The Bertz CT molecular complexity index is 934. The van der Waals surface area contributed by atoms with Crippen molar-refractivity contribution in [1.82, 2.24) is 9.78 Å². The monoisotopic (exact) mass is 410 g/mol. The zero-order valence-electron chi connectivity index (χ0n) is 18.2. The van der Waals surface area contributed by atoms with E-state index >= 15 is 0 Å². The van der Waals surface area contributed by atoms with E-state index in [1.165, 1.54) is 6.34 Å². The molecular weight excluding hydrogens is 380 g/mol. The number of methoxy groups -OCH3 is 1. The summed E-state index contributed by atoms with van der Waals surface area (Å²) in [6, 6.07) is 13.4. The summed E-state index contributed by atoms with van der Waals surface area (Å²) in [5.74, 6) is 2.07. The van der Waals surface area contributed by atoms with Crippen LogP contribution in [0.4, 0.5) is 5.69 Å². The summed E-state index contributed by atoms with van der Waals surface area (Å²) < 4.78 is 17.7. The maximum atomic E-state index is 7.16. The first-order valence-electron chi connectivity index (χ1n) is 9.84. The molecule has 0 spiro atoms. The van der Waals surface area contributed by atoms with Gasteiger partial charge in [0.05, 0.1) is 19.1 Å². The number of aromatic nitrogens is 2. The van der Waals surface area contributed by atoms with E-state index in [-0.39, 0.29) is 0 Å². The first kappa shape index (κ1) is 23.0. The Labute approximate surface area is 178 Å². The van der Waals surface area contributed by atoms with Crippen molar-refractivity contribution < 1.29 is 14.2 Å². The first-order valence-corrected chi connectivity index (χ1v) is 9.84. The van der Waals surface area contributed by atoms with E-state index in [9.17, 15) is 0 Å². The van der Waals surface area contributed by atoms with Crippen LogP contribution < -0.4 is 14.8 Å². The molecule has 2 aromatic carbocycles. The molecule has 0 aliphatic heterocycles. The van der Waals surface area contributed by atoms with Gasteiger partial charge in [-0.25, -0.2) is 4.68 Å². The van der Waals surface area contributed by atoms with Crippen LogP contribution in [0.25, 0.3) is 5.69 Å². The van der Waals surface area contributed by atoms with E-state index in [2.05, 4.69) is 10.4 Å². The molecule has 3 aromatic rings. The van der Waals surface area contributed by atoms with Crippen molar-refractivity contribution in [2.24, 2.45) is 0 Å². The molecule has 0 aliphatic carbocycles. The fourth-order valence-electron chi connectivity index (χ4n) is 2.69. The van der Waals surface area contributed by atoms with E-state index in [0.29, 0.717) is 5.88 Å². The van der Waals surface area contributed by atoms with E-state index in [0.717, 1.165) is 47.2 Å². The lowest BCUT2D eigenvalue weighted by Gasteiger charge is -2.11. The van der Waals surface area contributed by atoms with Gasteiger partial charge in [0.1, 0.15) is 11.5 Å². The topological polar surface area (TPSA) is 81.4 Å². The summed E-state index contributed by atoms with van der Waals surface area (Å²) in [7, 11) is 1.64. The minimum Gasteiger partial charge on any atom is -0.497 e. The predicted octanol–water partition coefficient (Wildman–Crippen LogP) is 5.35. The van der Waals surface area contributed by atoms with Gasteiger partial charge in [-0.15, -0.1) is 5.10 Å². The highest BCUT2D eigenvalue weighted by Gasteiger charge is 2.09. The second kappa shape index (κ2) is 11.6. The largest absolute Gasteiger partial charge is 0.497 e. The van der Waals surface area contributed by atoms with Gasteiger partial charge in [0, 0.05) is 31.2 Å². The molecule has 3 rings (SSSR count). The van der Waals surface area contributed by atoms with Crippen molar-refractivity contribution in [2.45, 2.75) is 27.7 Å². The van der Waals surface area contributed by atoms with Gasteiger partial charge in [-0.2, -0.15) is 0 Å². The van der Waals surface area contributed by atoms with Crippen molar-refractivity contribution >= 4 is 12.0 Å². The van der Waals surface area contributed by atoms with Crippen LogP contribution in [0, 0.1) is 19.3 Å². The van der Waals surface area contributed by atoms with E-state index in [1.54, 1.807) is 11.8 Å². The molecule has 0 amide bonds. The lowest BCUT2D eigenvalue weighted by molar-refractivity contribution is 0.162.